The van der Waals surface area contributed by atoms with Gasteiger partial charge in [0.2, 0.25) is 0 Å². The lowest BCUT2D eigenvalue weighted by Crippen LogP contribution is -1.99. The first-order valence-electron chi connectivity index (χ1n) is 2.86. The SMILES string of the molecule is Brc1c[nH]c2nc[nH+]cc12. The van der Waals surface area contributed by atoms with Gasteiger partial charge < -0.3 is 4.98 Å². The van der Waals surface area contributed by atoms with Gasteiger partial charge in [-0.15, -0.1) is 0 Å². The average Bonchev–Trinajstić information content (AvgIpc) is 2.34. The van der Waals surface area contributed by atoms with Gasteiger partial charge in [0, 0.05) is 6.20 Å². The zero-order chi connectivity index (χ0) is 6.97. The highest BCUT2D eigenvalue weighted by molar-refractivity contribution is 9.10. The number of H-pyrrole nitrogens is 2. The molecule has 0 aliphatic heterocycles. The smallest absolute Gasteiger partial charge is 0.286 e. The number of nitrogens with one attached hydrogen (secondary N) is 2. The largest absolute Gasteiger partial charge is 0.324 e. The third-order valence-corrected chi connectivity index (χ3v) is 2.00. The minimum Gasteiger partial charge on any atom is -0.324 e. The molecule has 0 amide bonds. The minimum absolute atomic E-state index is 0.894. The van der Waals surface area contributed by atoms with Gasteiger partial charge in [0.15, 0.2) is 0 Å². The Morgan fingerprint density at radius 2 is 2.50 bits per heavy atom. The quantitative estimate of drug-likeness (QED) is 0.679. The molecule has 0 unspecified atom stereocenters. The summed E-state index contributed by atoms with van der Waals surface area (Å²) < 4.78 is 1.03. The molecular formula is C6H5BrN3+. The summed E-state index contributed by atoms with van der Waals surface area (Å²) in [6, 6.07) is 0. The second kappa shape index (κ2) is 2.05. The molecule has 0 atom stereocenters. The second-order valence-corrected chi connectivity index (χ2v) is 2.82. The highest BCUT2D eigenvalue weighted by atomic mass is 79.9. The molecule has 2 heterocycles. The molecule has 10 heavy (non-hydrogen) atoms. The second-order valence-electron chi connectivity index (χ2n) is 1.97. The predicted molar refractivity (Wildman–Crippen MR) is 40.3 cm³/mol. The van der Waals surface area contributed by atoms with Gasteiger partial charge in [-0.2, -0.15) is 0 Å². The number of aromatic amines is 2. The summed E-state index contributed by atoms with van der Waals surface area (Å²) >= 11 is 3.38. The fourth-order valence-corrected chi connectivity index (χ4v) is 1.28. The van der Waals surface area contributed by atoms with E-state index in [0.29, 0.717) is 0 Å². The van der Waals surface area contributed by atoms with Crippen molar-refractivity contribution in [3.05, 3.63) is 23.2 Å². The van der Waals surface area contributed by atoms with Crippen LogP contribution in [0.25, 0.3) is 11.0 Å². The van der Waals surface area contributed by atoms with Gasteiger partial charge in [-0.1, -0.05) is 0 Å². The van der Waals surface area contributed by atoms with Crippen molar-refractivity contribution in [1.82, 2.24) is 9.97 Å². The third kappa shape index (κ3) is 0.724. The van der Waals surface area contributed by atoms with Gasteiger partial charge in [-0.05, 0) is 20.9 Å². The standard InChI is InChI=1S/C6H4BrN3/c7-5-2-9-6-4(5)1-8-3-10-6/h1-3H,(H,8,9,10)/p+1. The van der Waals surface area contributed by atoms with Crippen molar-refractivity contribution in [3.8, 4) is 0 Å². The van der Waals surface area contributed by atoms with Crippen molar-refractivity contribution < 1.29 is 4.98 Å². The maximum Gasteiger partial charge on any atom is 0.286 e. The molecular weight excluding hydrogens is 194 g/mol. The third-order valence-electron chi connectivity index (χ3n) is 1.34. The number of rotatable bonds is 0. The van der Waals surface area contributed by atoms with Gasteiger partial charge in [-0.3, -0.25) is 0 Å². The number of aromatic nitrogens is 3. The highest BCUT2D eigenvalue weighted by Gasteiger charge is 2.04. The molecule has 4 heteroatoms. The van der Waals surface area contributed by atoms with Crippen LogP contribution < -0.4 is 4.98 Å². The first kappa shape index (κ1) is 5.85. The Morgan fingerprint density at radius 1 is 1.60 bits per heavy atom. The molecule has 2 N–H and O–H groups in total. The molecule has 0 saturated carbocycles. The van der Waals surface area contributed by atoms with Gasteiger partial charge >= 0.3 is 0 Å². The number of fused-ring (bicyclic) bond motifs is 1. The van der Waals surface area contributed by atoms with Crippen LogP contribution in [-0.2, 0) is 0 Å². The monoisotopic (exact) mass is 198 g/mol. The molecule has 0 aliphatic carbocycles. The molecule has 2 aromatic rings. The first-order chi connectivity index (χ1) is 4.88. The molecule has 0 saturated heterocycles. The predicted octanol–water partition coefficient (Wildman–Crippen LogP) is 1.14. The Bertz CT molecular complexity index is 355. The molecule has 0 radical (unpaired) electrons. The minimum atomic E-state index is 0.894. The summed E-state index contributed by atoms with van der Waals surface area (Å²) in [6.45, 7) is 0. The van der Waals surface area contributed by atoms with Crippen LogP contribution in [-0.4, -0.2) is 9.97 Å². The zero-order valence-electron chi connectivity index (χ0n) is 5.06. The fourth-order valence-electron chi connectivity index (χ4n) is 0.867. The van der Waals surface area contributed by atoms with Gasteiger partial charge in [-0.25, -0.2) is 4.98 Å². The van der Waals surface area contributed by atoms with Gasteiger partial charge in [0.1, 0.15) is 6.20 Å². The van der Waals surface area contributed by atoms with E-state index in [0.717, 1.165) is 15.5 Å². The van der Waals surface area contributed by atoms with E-state index in [9.17, 15) is 0 Å². The van der Waals surface area contributed by atoms with Crippen molar-refractivity contribution in [3.63, 3.8) is 0 Å². The number of halogens is 1. The summed E-state index contributed by atoms with van der Waals surface area (Å²) in [5.41, 5.74) is 0.894. The molecule has 2 rings (SSSR count). The lowest BCUT2D eigenvalue weighted by molar-refractivity contribution is -0.380. The van der Waals surface area contributed by atoms with Crippen LogP contribution in [0.5, 0.6) is 0 Å². The lowest BCUT2D eigenvalue weighted by atomic mass is 10.4. The fraction of sp³-hybridized carbons (Fsp3) is 0. The molecule has 50 valence electrons. The van der Waals surface area contributed by atoms with E-state index in [2.05, 4.69) is 30.9 Å². The molecule has 0 spiro atoms. The van der Waals surface area contributed by atoms with Crippen molar-refractivity contribution in [1.29, 1.82) is 0 Å². The zero-order valence-corrected chi connectivity index (χ0v) is 6.64. The summed E-state index contributed by atoms with van der Waals surface area (Å²) in [7, 11) is 0. The Labute approximate surface area is 65.6 Å². The number of nitrogens with zero attached hydrogens (tertiary/aromatic N) is 1. The lowest BCUT2D eigenvalue weighted by Gasteiger charge is -1.77. The molecule has 0 aromatic carbocycles. The highest BCUT2D eigenvalue weighted by Crippen LogP contribution is 2.18. The number of hydrogen-bond acceptors (Lipinski definition) is 1. The Morgan fingerprint density at radius 3 is 3.30 bits per heavy atom. The first-order valence-corrected chi connectivity index (χ1v) is 3.66. The molecule has 0 fully saturated rings. The topological polar surface area (TPSA) is 42.8 Å². The van der Waals surface area contributed by atoms with Crippen molar-refractivity contribution in [2.75, 3.05) is 0 Å². The molecule has 0 bridgehead atoms. The van der Waals surface area contributed by atoms with Crippen LogP contribution in [0, 0.1) is 0 Å². The summed E-state index contributed by atoms with van der Waals surface area (Å²) in [6.07, 6.45) is 5.40. The van der Waals surface area contributed by atoms with Crippen LogP contribution in [0.4, 0.5) is 0 Å². The average molecular weight is 199 g/mol. The normalized spacial score (nSPS) is 10.5. The van der Waals surface area contributed by atoms with Crippen molar-refractivity contribution in [2.45, 2.75) is 0 Å². The molecule has 0 aliphatic rings. The maximum absolute atomic E-state index is 4.06. The number of hydrogen-bond donors (Lipinski definition) is 1. The maximum atomic E-state index is 4.06. The van der Waals surface area contributed by atoms with Crippen LogP contribution in [0.15, 0.2) is 23.2 Å². The summed E-state index contributed by atoms with van der Waals surface area (Å²) in [5, 5.41) is 1.07. The van der Waals surface area contributed by atoms with Crippen LogP contribution >= 0.6 is 15.9 Å². The van der Waals surface area contributed by atoms with E-state index in [-0.39, 0.29) is 0 Å². The summed E-state index contributed by atoms with van der Waals surface area (Å²) in [5.74, 6) is 0. The summed E-state index contributed by atoms with van der Waals surface area (Å²) in [4.78, 5) is 9.97. The van der Waals surface area contributed by atoms with E-state index in [1.165, 1.54) is 0 Å². The Balaban J connectivity index is 2.93. The van der Waals surface area contributed by atoms with Crippen molar-refractivity contribution in [2.24, 2.45) is 0 Å². The van der Waals surface area contributed by atoms with Crippen LogP contribution in [0.3, 0.4) is 0 Å². The Hall–Kier alpha value is -0.900. The van der Waals surface area contributed by atoms with E-state index >= 15 is 0 Å². The molecule has 2 aromatic heterocycles. The molecule has 3 nitrogen and oxygen atoms in total. The van der Waals surface area contributed by atoms with Crippen LogP contribution in [0.1, 0.15) is 0 Å². The van der Waals surface area contributed by atoms with Gasteiger partial charge in [0.05, 0.1) is 9.86 Å². The van der Waals surface area contributed by atoms with E-state index in [1.54, 1.807) is 6.33 Å². The van der Waals surface area contributed by atoms with E-state index in [1.807, 2.05) is 12.4 Å². The van der Waals surface area contributed by atoms with E-state index in [4.69, 9.17) is 0 Å². The Kier molecular flexibility index (Phi) is 1.20. The van der Waals surface area contributed by atoms with E-state index < -0.39 is 0 Å². The van der Waals surface area contributed by atoms with Crippen molar-refractivity contribution >= 4 is 27.0 Å². The van der Waals surface area contributed by atoms with Crippen LogP contribution in [0.2, 0.25) is 0 Å². The van der Waals surface area contributed by atoms with Gasteiger partial charge in [0.25, 0.3) is 12.0 Å².